The van der Waals surface area contributed by atoms with E-state index in [1.165, 1.54) is 5.56 Å². The van der Waals surface area contributed by atoms with Crippen LogP contribution in [0.4, 0.5) is 0 Å². The van der Waals surface area contributed by atoms with Crippen LogP contribution in [-0.2, 0) is 17.8 Å². The highest BCUT2D eigenvalue weighted by Crippen LogP contribution is 2.31. The standard InChI is InChI=1S/C21H22N2O4/c1-26-19-8-4-5-9-20(19)27-13-21(25)23-11-18-16(10-14(23)12-24)15-6-2-3-7-17(15)22-18/h2-9,14,22,24H,10-13H2,1H3. The minimum absolute atomic E-state index is 0.0840. The fraction of sp³-hybridized carbons (Fsp3) is 0.286. The largest absolute Gasteiger partial charge is 0.493 e. The van der Waals surface area contributed by atoms with Gasteiger partial charge < -0.3 is 24.5 Å². The van der Waals surface area contributed by atoms with Gasteiger partial charge in [-0.15, -0.1) is 0 Å². The molecule has 6 heteroatoms. The summed E-state index contributed by atoms with van der Waals surface area (Å²) < 4.78 is 10.9. The molecule has 0 radical (unpaired) electrons. The van der Waals surface area contributed by atoms with E-state index in [0.717, 1.165) is 16.6 Å². The van der Waals surface area contributed by atoms with Crippen LogP contribution in [0.5, 0.6) is 11.5 Å². The SMILES string of the molecule is COc1ccccc1OCC(=O)N1Cc2[nH]c3ccccc3c2CC1CO. The third kappa shape index (κ3) is 3.24. The zero-order chi connectivity index (χ0) is 18.8. The van der Waals surface area contributed by atoms with Gasteiger partial charge in [0.1, 0.15) is 0 Å². The molecule has 27 heavy (non-hydrogen) atoms. The molecule has 1 aliphatic heterocycles. The molecule has 1 atom stereocenters. The number of fused-ring (bicyclic) bond motifs is 3. The van der Waals surface area contributed by atoms with E-state index in [-0.39, 0.29) is 25.2 Å². The number of aliphatic hydroxyl groups excluding tert-OH is 1. The molecule has 0 saturated heterocycles. The summed E-state index contributed by atoms with van der Waals surface area (Å²) in [6.45, 7) is 0.245. The molecule has 0 saturated carbocycles. The topological polar surface area (TPSA) is 74.8 Å². The first-order chi connectivity index (χ1) is 13.2. The molecule has 1 aliphatic rings. The third-order valence-corrected chi connectivity index (χ3v) is 5.06. The number of aromatic amines is 1. The highest BCUT2D eigenvalue weighted by Gasteiger charge is 2.31. The van der Waals surface area contributed by atoms with Crippen LogP contribution in [0.3, 0.4) is 0 Å². The maximum absolute atomic E-state index is 12.8. The first kappa shape index (κ1) is 17.4. The Hall–Kier alpha value is -2.99. The number of ether oxygens (including phenoxy) is 2. The van der Waals surface area contributed by atoms with Crippen molar-refractivity contribution < 1.29 is 19.4 Å². The lowest BCUT2D eigenvalue weighted by Gasteiger charge is -2.34. The first-order valence-corrected chi connectivity index (χ1v) is 8.96. The van der Waals surface area contributed by atoms with Crippen LogP contribution in [0.2, 0.25) is 0 Å². The molecule has 4 rings (SSSR count). The summed E-state index contributed by atoms with van der Waals surface area (Å²) in [7, 11) is 1.56. The number of H-pyrrole nitrogens is 1. The van der Waals surface area contributed by atoms with Gasteiger partial charge in [0.15, 0.2) is 18.1 Å². The zero-order valence-corrected chi connectivity index (χ0v) is 15.1. The van der Waals surface area contributed by atoms with Crippen LogP contribution < -0.4 is 9.47 Å². The molecule has 0 bridgehead atoms. The average Bonchev–Trinajstić information content (AvgIpc) is 3.08. The molecule has 3 aromatic rings. The highest BCUT2D eigenvalue weighted by molar-refractivity contribution is 5.86. The maximum atomic E-state index is 12.8. The second-order valence-electron chi connectivity index (χ2n) is 6.63. The van der Waals surface area contributed by atoms with Crippen LogP contribution in [0.25, 0.3) is 10.9 Å². The van der Waals surface area contributed by atoms with Crippen LogP contribution in [0.1, 0.15) is 11.3 Å². The molecule has 0 fully saturated rings. The second kappa shape index (κ2) is 7.32. The monoisotopic (exact) mass is 366 g/mol. The molecule has 140 valence electrons. The molecular weight excluding hydrogens is 344 g/mol. The zero-order valence-electron chi connectivity index (χ0n) is 15.1. The van der Waals surface area contributed by atoms with Crippen LogP contribution in [-0.4, -0.2) is 47.3 Å². The first-order valence-electron chi connectivity index (χ1n) is 8.96. The van der Waals surface area contributed by atoms with Gasteiger partial charge in [0.2, 0.25) is 0 Å². The smallest absolute Gasteiger partial charge is 0.261 e. The summed E-state index contributed by atoms with van der Waals surface area (Å²) in [6, 6.07) is 15.1. The molecule has 1 amide bonds. The predicted molar refractivity (Wildman–Crippen MR) is 102 cm³/mol. The predicted octanol–water partition coefficient (Wildman–Crippen LogP) is 2.50. The highest BCUT2D eigenvalue weighted by atomic mass is 16.5. The molecule has 2 N–H and O–H groups in total. The average molecular weight is 366 g/mol. The van der Waals surface area contributed by atoms with E-state index in [9.17, 15) is 9.90 Å². The van der Waals surface area contributed by atoms with Crippen LogP contribution in [0.15, 0.2) is 48.5 Å². The van der Waals surface area contributed by atoms with E-state index in [1.807, 2.05) is 30.3 Å². The molecular formula is C21H22N2O4. The summed E-state index contributed by atoms with van der Waals surface area (Å²) >= 11 is 0. The van der Waals surface area contributed by atoms with Gasteiger partial charge in [0, 0.05) is 16.6 Å². The Labute approximate surface area is 157 Å². The Morgan fingerprint density at radius 2 is 1.93 bits per heavy atom. The number of benzene rings is 2. The van der Waals surface area contributed by atoms with Crippen molar-refractivity contribution in [1.29, 1.82) is 0 Å². The molecule has 6 nitrogen and oxygen atoms in total. The van der Waals surface area contributed by atoms with Gasteiger partial charge in [-0.1, -0.05) is 30.3 Å². The molecule has 0 aliphatic carbocycles. The van der Waals surface area contributed by atoms with E-state index in [4.69, 9.17) is 9.47 Å². The van der Waals surface area contributed by atoms with Gasteiger partial charge >= 0.3 is 0 Å². The summed E-state index contributed by atoms with van der Waals surface area (Å²) in [4.78, 5) is 17.9. The summed E-state index contributed by atoms with van der Waals surface area (Å²) in [6.07, 6.45) is 0.621. The van der Waals surface area contributed by atoms with Gasteiger partial charge in [-0.25, -0.2) is 0 Å². The number of hydrogen-bond donors (Lipinski definition) is 2. The van der Waals surface area contributed by atoms with Gasteiger partial charge in [-0.05, 0) is 30.2 Å². The van der Waals surface area contributed by atoms with Gasteiger partial charge in [0.25, 0.3) is 5.91 Å². The fourth-order valence-electron chi connectivity index (χ4n) is 3.68. The van der Waals surface area contributed by atoms with Crippen molar-refractivity contribution in [2.45, 2.75) is 19.0 Å². The molecule has 1 unspecified atom stereocenters. The minimum Gasteiger partial charge on any atom is -0.493 e. The van der Waals surface area contributed by atoms with E-state index in [0.29, 0.717) is 24.5 Å². The maximum Gasteiger partial charge on any atom is 0.261 e. The Morgan fingerprint density at radius 3 is 2.70 bits per heavy atom. The van der Waals surface area contributed by atoms with Crippen molar-refractivity contribution in [1.82, 2.24) is 9.88 Å². The Kier molecular flexibility index (Phi) is 4.73. The third-order valence-electron chi connectivity index (χ3n) is 5.06. The Morgan fingerprint density at radius 1 is 1.19 bits per heavy atom. The fourth-order valence-corrected chi connectivity index (χ4v) is 3.68. The molecule has 2 heterocycles. The molecule has 1 aromatic heterocycles. The number of amides is 1. The number of nitrogens with zero attached hydrogens (tertiary/aromatic N) is 1. The van der Waals surface area contributed by atoms with Crippen LogP contribution >= 0.6 is 0 Å². The lowest BCUT2D eigenvalue weighted by atomic mass is 9.97. The summed E-state index contributed by atoms with van der Waals surface area (Å²) in [5.41, 5.74) is 3.25. The number of nitrogens with one attached hydrogen (secondary N) is 1. The van der Waals surface area contributed by atoms with Crippen molar-refractivity contribution >= 4 is 16.8 Å². The van der Waals surface area contributed by atoms with Crippen molar-refractivity contribution in [2.75, 3.05) is 20.3 Å². The second-order valence-corrected chi connectivity index (χ2v) is 6.63. The van der Waals surface area contributed by atoms with Crippen molar-refractivity contribution in [3.8, 4) is 11.5 Å². The lowest BCUT2D eigenvalue weighted by Crippen LogP contribution is -2.48. The minimum atomic E-state index is -0.259. The normalized spacial score (nSPS) is 16.2. The van der Waals surface area contributed by atoms with Crippen molar-refractivity contribution in [3.63, 3.8) is 0 Å². The number of methoxy groups -OCH3 is 1. The number of hydrogen-bond acceptors (Lipinski definition) is 4. The van der Waals surface area contributed by atoms with E-state index in [2.05, 4.69) is 11.1 Å². The number of rotatable bonds is 5. The number of aliphatic hydroxyl groups is 1. The molecule has 0 spiro atoms. The summed E-state index contributed by atoms with van der Waals surface area (Å²) in [5, 5.41) is 11.0. The Balaban J connectivity index is 1.53. The summed E-state index contributed by atoms with van der Waals surface area (Å²) in [5.74, 6) is 0.946. The lowest BCUT2D eigenvalue weighted by molar-refractivity contribution is -0.138. The van der Waals surface area contributed by atoms with Gasteiger partial charge in [-0.2, -0.15) is 0 Å². The number of para-hydroxylation sites is 3. The number of aromatic nitrogens is 1. The van der Waals surface area contributed by atoms with Crippen molar-refractivity contribution in [3.05, 3.63) is 59.8 Å². The quantitative estimate of drug-likeness (QED) is 0.728. The van der Waals surface area contributed by atoms with E-state index < -0.39 is 0 Å². The van der Waals surface area contributed by atoms with E-state index in [1.54, 1.807) is 24.1 Å². The van der Waals surface area contributed by atoms with Gasteiger partial charge in [-0.3, -0.25) is 4.79 Å². The number of carbonyl (C=O) groups is 1. The van der Waals surface area contributed by atoms with Crippen molar-refractivity contribution in [2.24, 2.45) is 0 Å². The molecule has 2 aromatic carbocycles. The number of carbonyl (C=O) groups excluding carboxylic acids is 1. The van der Waals surface area contributed by atoms with Gasteiger partial charge in [0.05, 0.1) is 26.3 Å². The van der Waals surface area contributed by atoms with E-state index >= 15 is 0 Å². The van der Waals surface area contributed by atoms with Crippen LogP contribution in [0, 0.1) is 0 Å². The Bertz CT molecular complexity index is 966.